The van der Waals surface area contributed by atoms with Crippen LogP contribution in [0.2, 0.25) is 0 Å². The number of carbonyl (C=O) groups excluding carboxylic acids is 2. The van der Waals surface area contributed by atoms with Crippen LogP contribution in [-0.4, -0.2) is 37.5 Å². The Bertz CT molecular complexity index is 299. The SMILES string of the molecule is CCCNC(=O)C1(NC(=O)CCNC)CCCCC1. The van der Waals surface area contributed by atoms with Crippen molar-refractivity contribution in [2.24, 2.45) is 0 Å². The van der Waals surface area contributed by atoms with E-state index < -0.39 is 5.54 Å². The average Bonchev–Trinajstić information content (AvgIpc) is 2.43. The third-order valence-electron chi connectivity index (χ3n) is 3.66. The molecule has 0 unspecified atom stereocenters. The Balaban J connectivity index is 2.63. The lowest BCUT2D eigenvalue weighted by Crippen LogP contribution is -2.60. The fourth-order valence-corrected chi connectivity index (χ4v) is 2.54. The van der Waals surface area contributed by atoms with Crippen LogP contribution >= 0.6 is 0 Å². The third kappa shape index (κ3) is 4.82. The van der Waals surface area contributed by atoms with E-state index >= 15 is 0 Å². The first kappa shape index (κ1) is 16.0. The zero-order valence-electron chi connectivity index (χ0n) is 12.2. The van der Waals surface area contributed by atoms with Gasteiger partial charge in [0, 0.05) is 19.5 Å². The third-order valence-corrected chi connectivity index (χ3v) is 3.66. The molecule has 5 heteroatoms. The molecule has 1 fully saturated rings. The van der Waals surface area contributed by atoms with Crippen LogP contribution in [0, 0.1) is 0 Å². The van der Waals surface area contributed by atoms with E-state index in [0.29, 0.717) is 19.5 Å². The standard InChI is InChI=1S/C14H27N3O2/c1-3-10-16-13(19)14(8-5-4-6-9-14)17-12(18)7-11-15-2/h15H,3-11H2,1-2H3,(H,16,19)(H,17,18). The molecule has 0 atom stereocenters. The van der Waals surface area contributed by atoms with E-state index in [1.807, 2.05) is 14.0 Å². The Kier molecular flexibility index (Phi) is 6.84. The maximum Gasteiger partial charge on any atom is 0.245 e. The van der Waals surface area contributed by atoms with Gasteiger partial charge in [0.1, 0.15) is 5.54 Å². The highest BCUT2D eigenvalue weighted by atomic mass is 16.2. The van der Waals surface area contributed by atoms with E-state index in [0.717, 1.165) is 38.5 Å². The highest BCUT2D eigenvalue weighted by Crippen LogP contribution is 2.28. The summed E-state index contributed by atoms with van der Waals surface area (Å²) in [6.45, 7) is 3.34. The molecule has 0 heterocycles. The van der Waals surface area contributed by atoms with Crippen molar-refractivity contribution in [1.82, 2.24) is 16.0 Å². The minimum Gasteiger partial charge on any atom is -0.354 e. The molecule has 0 spiro atoms. The van der Waals surface area contributed by atoms with Gasteiger partial charge in [-0.15, -0.1) is 0 Å². The average molecular weight is 269 g/mol. The van der Waals surface area contributed by atoms with Crippen LogP contribution in [0.1, 0.15) is 51.9 Å². The quantitative estimate of drug-likeness (QED) is 0.644. The predicted octanol–water partition coefficient (Wildman–Crippen LogP) is 0.941. The maximum atomic E-state index is 12.3. The molecule has 110 valence electrons. The Morgan fingerprint density at radius 3 is 2.37 bits per heavy atom. The summed E-state index contributed by atoms with van der Waals surface area (Å²) >= 11 is 0. The molecule has 0 radical (unpaired) electrons. The van der Waals surface area contributed by atoms with E-state index in [2.05, 4.69) is 16.0 Å². The number of amides is 2. The second-order valence-electron chi connectivity index (χ2n) is 5.30. The lowest BCUT2D eigenvalue weighted by Gasteiger charge is -2.36. The van der Waals surface area contributed by atoms with Crippen LogP contribution in [-0.2, 0) is 9.59 Å². The second-order valence-corrected chi connectivity index (χ2v) is 5.30. The van der Waals surface area contributed by atoms with Gasteiger partial charge in [0.15, 0.2) is 0 Å². The zero-order valence-corrected chi connectivity index (χ0v) is 12.2. The van der Waals surface area contributed by atoms with Crippen molar-refractivity contribution in [2.75, 3.05) is 20.1 Å². The molecule has 0 aliphatic heterocycles. The molecular weight excluding hydrogens is 242 g/mol. The molecule has 0 aromatic carbocycles. The number of nitrogens with one attached hydrogen (secondary N) is 3. The number of rotatable bonds is 7. The first-order valence-electron chi connectivity index (χ1n) is 7.38. The number of hydrogen-bond acceptors (Lipinski definition) is 3. The van der Waals surface area contributed by atoms with E-state index in [-0.39, 0.29) is 11.8 Å². The zero-order chi connectivity index (χ0) is 14.1. The molecule has 3 N–H and O–H groups in total. The Morgan fingerprint density at radius 1 is 1.11 bits per heavy atom. The summed E-state index contributed by atoms with van der Waals surface area (Å²) in [6, 6.07) is 0. The topological polar surface area (TPSA) is 70.2 Å². The molecule has 2 amide bonds. The molecular formula is C14H27N3O2. The first-order valence-corrected chi connectivity index (χ1v) is 7.38. The Labute approximate surface area is 115 Å². The monoisotopic (exact) mass is 269 g/mol. The predicted molar refractivity (Wildman–Crippen MR) is 75.8 cm³/mol. The van der Waals surface area contributed by atoms with Crippen LogP contribution in [0.3, 0.4) is 0 Å². The van der Waals surface area contributed by atoms with Crippen LogP contribution in [0.15, 0.2) is 0 Å². The van der Waals surface area contributed by atoms with E-state index in [1.54, 1.807) is 0 Å². The van der Waals surface area contributed by atoms with Gasteiger partial charge in [0.05, 0.1) is 0 Å². The van der Waals surface area contributed by atoms with Gasteiger partial charge in [-0.25, -0.2) is 0 Å². The fraction of sp³-hybridized carbons (Fsp3) is 0.857. The van der Waals surface area contributed by atoms with Crippen LogP contribution in [0.4, 0.5) is 0 Å². The summed E-state index contributed by atoms with van der Waals surface area (Å²) in [7, 11) is 1.82. The molecule has 0 bridgehead atoms. The molecule has 1 aliphatic carbocycles. The molecule has 1 rings (SSSR count). The molecule has 0 aromatic rings. The van der Waals surface area contributed by atoms with Gasteiger partial charge in [-0.2, -0.15) is 0 Å². The first-order chi connectivity index (χ1) is 9.14. The van der Waals surface area contributed by atoms with Gasteiger partial charge in [-0.3, -0.25) is 9.59 Å². The van der Waals surface area contributed by atoms with E-state index in [9.17, 15) is 9.59 Å². The number of hydrogen-bond donors (Lipinski definition) is 3. The van der Waals surface area contributed by atoms with Crippen molar-refractivity contribution >= 4 is 11.8 Å². The number of carbonyl (C=O) groups is 2. The molecule has 5 nitrogen and oxygen atoms in total. The molecule has 0 saturated heterocycles. The maximum absolute atomic E-state index is 12.3. The van der Waals surface area contributed by atoms with Crippen molar-refractivity contribution in [3.63, 3.8) is 0 Å². The molecule has 19 heavy (non-hydrogen) atoms. The highest BCUT2D eigenvalue weighted by molar-refractivity contribution is 5.91. The largest absolute Gasteiger partial charge is 0.354 e. The van der Waals surface area contributed by atoms with Gasteiger partial charge >= 0.3 is 0 Å². The summed E-state index contributed by atoms with van der Waals surface area (Å²) in [5, 5.41) is 8.87. The van der Waals surface area contributed by atoms with Crippen LogP contribution < -0.4 is 16.0 Å². The summed E-state index contributed by atoms with van der Waals surface area (Å²) in [6.07, 6.45) is 6.00. The van der Waals surface area contributed by atoms with Gasteiger partial charge in [-0.05, 0) is 26.3 Å². The van der Waals surface area contributed by atoms with Crippen molar-refractivity contribution in [3.8, 4) is 0 Å². The lowest BCUT2D eigenvalue weighted by molar-refractivity contribution is -0.135. The summed E-state index contributed by atoms with van der Waals surface area (Å²) < 4.78 is 0. The van der Waals surface area contributed by atoms with Crippen molar-refractivity contribution < 1.29 is 9.59 Å². The van der Waals surface area contributed by atoms with Crippen LogP contribution in [0.25, 0.3) is 0 Å². The van der Waals surface area contributed by atoms with Gasteiger partial charge in [0.25, 0.3) is 0 Å². The van der Waals surface area contributed by atoms with E-state index in [1.165, 1.54) is 0 Å². The molecule has 1 saturated carbocycles. The fourth-order valence-electron chi connectivity index (χ4n) is 2.54. The van der Waals surface area contributed by atoms with Gasteiger partial charge in [-0.1, -0.05) is 26.2 Å². The molecule has 1 aliphatic rings. The highest BCUT2D eigenvalue weighted by Gasteiger charge is 2.40. The van der Waals surface area contributed by atoms with Gasteiger partial charge < -0.3 is 16.0 Å². The van der Waals surface area contributed by atoms with Gasteiger partial charge in [0.2, 0.25) is 11.8 Å². The van der Waals surface area contributed by atoms with Crippen molar-refractivity contribution in [1.29, 1.82) is 0 Å². The summed E-state index contributed by atoms with van der Waals surface area (Å²) in [4.78, 5) is 24.3. The van der Waals surface area contributed by atoms with Crippen molar-refractivity contribution in [2.45, 2.75) is 57.4 Å². The van der Waals surface area contributed by atoms with Crippen LogP contribution in [0.5, 0.6) is 0 Å². The summed E-state index contributed by atoms with van der Waals surface area (Å²) in [5.74, 6) is -0.0465. The minimum absolute atomic E-state index is 0.00754. The van der Waals surface area contributed by atoms with E-state index in [4.69, 9.17) is 0 Å². The normalized spacial score (nSPS) is 17.8. The lowest BCUT2D eigenvalue weighted by atomic mass is 9.80. The Hall–Kier alpha value is -1.10. The Morgan fingerprint density at radius 2 is 1.79 bits per heavy atom. The molecule has 0 aromatic heterocycles. The summed E-state index contributed by atoms with van der Waals surface area (Å²) in [5.41, 5.74) is -0.668. The second kappa shape index (κ2) is 8.15. The minimum atomic E-state index is -0.668. The smallest absolute Gasteiger partial charge is 0.245 e. The van der Waals surface area contributed by atoms with Crippen molar-refractivity contribution in [3.05, 3.63) is 0 Å².